The molecule has 0 radical (unpaired) electrons. The number of nitrogens with zero attached hydrogens (tertiary/aromatic N) is 2. The van der Waals surface area contributed by atoms with Crippen molar-refractivity contribution in [3.63, 3.8) is 0 Å². The molecular formula is C28H23F2N3O4. The van der Waals surface area contributed by atoms with E-state index < -0.39 is 29.8 Å². The van der Waals surface area contributed by atoms with Gasteiger partial charge in [-0.2, -0.15) is 0 Å². The molecule has 1 saturated carbocycles. The van der Waals surface area contributed by atoms with E-state index in [0.717, 1.165) is 36.6 Å². The Morgan fingerprint density at radius 2 is 1.73 bits per heavy atom. The SMILES string of the molecule is O=Nc1ccc(OC(=O)N[C@H](C(=O)N2CC(c3cc(F)ccc3F)=C[C@H]2c2ccccc2)C2CC2)cc1. The number of halogens is 2. The lowest BCUT2D eigenvalue weighted by Gasteiger charge is -2.29. The van der Waals surface area contributed by atoms with E-state index in [1.165, 1.54) is 24.3 Å². The monoisotopic (exact) mass is 503 g/mol. The zero-order valence-corrected chi connectivity index (χ0v) is 19.6. The molecule has 1 aliphatic heterocycles. The number of nitrogens with one attached hydrogen (secondary N) is 1. The van der Waals surface area contributed by atoms with E-state index in [0.29, 0.717) is 5.57 Å². The van der Waals surface area contributed by atoms with Crippen LogP contribution in [0.1, 0.15) is 30.0 Å². The number of ether oxygens (including phenoxy) is 1. The third-order valence-electron chi connectivity index (χ3n) is 6.52. The summed E-state index contributed by atoms with van der Waals surface area (Å²) in [7, 11) is 0. The minimum Gasteiger partial charge on any atom is -0.410 e. The lowest BCUT2D eigenvalue weighted by atomic mass is 10.0. The van der Waals surface area contributed by atoms with Gasteiger partial charge in [-0.15, -0.1) is 4.91 Å². The molecule has 9 heteroatoms. The Balaban J connectivity index is 1.38. The van der Waals surface area contributed by atoms with Gasteiger partial charge in [0.2, 0.25) is 5.91 Å². The summed E-state index contributed by atoms with van der Waals surface area (Å²) in [4.78, 5) is 38.6. The molecule has 37 heavy (non-hydrogen) atoms. The molecule has 3 aromatic rings. The van der Waals surface area contributed by atoms with Crippen LogP contribution in [0.3, 0.4) is 0 Å². The van der Waals surface area contributed by atoms with Crippen LogP contribution in [0.25, 0.3) is 5.57 Å². The average Bonchev–Trinajstić information content (AvgIpc) is 3.66. The van der Waals surface area contributed by atoms with Crippen LogP contribution in [0.5, 0.6) is 5.75 Å². The predicted molar refractivity (Wildman–Crippen MR) is 133 cm³/mol. The highest BCUT2D eigenvalue weighted by atomic mass is 19.1. The standard InChI is InChI=1S/C28H23F2N3O4/c29-20-8-13-24(30)23(15-20)19-14-25(17-4-2-1-3-5-17)33(16-19)27(34)26(18-6-7-18)31-28(35)37-22-11-9-21(32-36)10-12-22/h1-5,8-15,18,25-26H,6-7,16H2,(H,31,35)/t25-,26-/m0/s1. The topological polar surface area (TPSA) is 88.1 Å². The van der Waals surface area contributed by atoms with Gasteiger partial charge in [0.1, 0.15) is 29.1 Å². The summed E-state index contributed by atoms with van der Waals surface area (Å²) in [5.41, 5.74) is 1.58. The summed E-state index contributed by atoms with van der Waals surface area (Å²) in [6.45, 7) is 0.0544. The Bertz CT molecular complexity index is 1360. The number of carbonyl (C=O) groups excluding carboxylic acids is 2. The molecule has 1 heterocycles. The normalized spacial score (nSPS) is 17.6. The van der Waals surface area contributed by atoms with Gasteiger partial charge >= 0.3 is 6.09 Å². The van der Waals surface area contributed by atoms with Crippen molar-refractivity contribution in [2.45, 2.75) is 24.9 Å². The molecule has 0 bridgehead atoms. The van der Waals surface area contributed by atoms with Crippen molar-refractivity contribution in [1.29, 1.82) is 0 Å². The minimum atomic E-state index is -0.847. The van der Waals surface area contributed by atoms with E-state index in [-0.39, 0.29) is 35.4 Å². The number of hydrogen-bond acceptors (Lipinski definition) is 5. The van der Waals surface area contributed by atoms with E-state index in [9.17, 15) is 23.3 Å². The molecule has 1 N–H and O–H groups in total. The van der Waals surface area contributed by atoms with Gasteiger partial charge in [-0.3, -0.25) is 4.79 Å². The Labute approximate surface area is 211 Å². The number of rotatable bonds is 7. The maximum absolute atomic E-state index is 14.6. The van der Waals surface area contributed by atoms with E-state index in [2.05, 4.69) is 10.5 Å². The second-order valence-electron chi connectivity index (χ2n) is 9.07. The van der Waals surface area contributed by atoms with Crippen LogP contribution in [0.4, 0.5) is 19.3 Å². The van der Waals surface area contributed by atoms with Gasteiger partial charge in [0.25, 0.3) is 0 Å². The minimum absolute atomic E-state index is 0.0544. The molecule has 0 saturated heterocycles. The third-order valence-corrected chi connectivity index (χ3v) is 6.52. The molecule has 0 spiro atoms. The molecule has 7 nitrogen and oxygen atoms in total. The van der Waals surface area contributed by atoms with E-state index in [4.69, 9.17) is 4.74 Å². The van der Waals surface area contributed by atoms with Crippen LogP contribution in [0, 0.1) is 22.5 Å². The predicted octanol–water partition coefficient (Wildman–Crippen LogP) is 5.90. The van der Waals surface area contributed by atoms with Crippen molar-refractivity contribution < 1.29 is 23.1 Å². The summed E-state index contributed by atoms with van der Waals surface area (Å²) in [6, 6.07) is 16.8. The Hall–Kier alpha value is -4.40. The summed E-state index contributed by atoms with van der Waals surface area (Å²) in [5, 5.41) is 5.49. The number of carbonyl (C=O) groups is 2. The van der Waals surface area contributed by atoms with Gasteiger partial charge in [0, 0.05) is 12.1 Å². The van der Waals surface area contributed by atoms with Crippen molar-refractivity contribution in [1.82, 2.24) is 10.2 Å². The number of nitroso groups, excluding NO2 is 1. The van der Waals surface area contributed by atoms with Crippen molar-refractivity contribution >= 4 is 23.3 Å². The van der Waals surface area contributed by atoms with Crippen LogP contribution < -0.4 is 10.1 Å². The van der Waals surface area contributed by atoms with Gasteiger partial charge in [-0.1, -0.05) is 36.4 Å². The summed E-state index contributed by atoms with van der Waals surface area (Å²) in [6.07, 6.45) is 2.48. The molecule has 1 aliphatic carbocycles. The highest BCUT2D eigenvalue weighted by molar-refractivity contribution is 5.90. The lowest BCUT2D eigenvalue weighted by molar-refractivity contribution is -0.134. The highest BCUT2D eigenvalue weighted by Crippen LogP contribution is 2.39. The maximum atomic E-state index is 14.6. The third kappa shape index (κ3) is 5.40. The van der Waals surface area contributed by atoms with Crippen molar-refractivity contribution in [2.75, 3.05) is 6.54 Å². The van der Waals surface area contributed by atoms with Crippen LogP contribution in [-0.4, -0.2) is 29.5 Å². The van der Waals surface area contributed by atoms with Crippen molar-refractivity contribution in [2.24, 2.45) is 11.1 Å². The van der Waals surface area contributed by atoms with Crippen LogP contribution >= 0.6 is 0 Å². The van der Waals surface area contributed by atoms with Gasteiger partial charge in [-0.25, -0.2) is 13.6 Å². The number of hydrogen-bond donors (Lipinski definition) is 1. The summed E-state index contributed by atoms with van der Waals surface area (Å²) in [5.74, 6) is -1.36. The average molecular weight is 504 g/mol. The molecule has 2 amide bonds. The maximum Gasteiger partial charge on any atom is 0.413 e. The molecule has 0 aromatic heterocycles. The molecule has 0 unspecified atom stereocenters. The molecule has 188 valence electrons. The second-order valence-corrected chi connectivity index (χ2v) is 9.07. The van der Waals surface area contributed by atoms with Crippen molar-refractivity contribution in [3.05, 3.63) is 107 Å². The fourth-order valence-corrected chi connectivity index (χ4v) is 4.50. The molecule has 1 fully saturated rings. The summed E-state index contributed by atoms with van der Waals surface area (Å²) < 4.78 is 33.8. The quantitative estimate of drug-likeness (QED) is 0.407. The first-order valence-electron chi connectivity index (χ1n) is 11.9. The van der Waals surface area contributed by atoms with Gasteiger partial charge < -0.3 is 15.0 Å². The highest BCUT2D eigenvalue weighted by Gasteiger charge is 2.43. The largest absolute Gasteiger partial charge is 0.413 e. The van der Waals surface area contributed by atoms with E-state index in [1.807, 2.05) is 30.3 Å². The smallest absolute Gasteiger partial charge is 0.410 e. The first-order valence-corrected chi connectivity index (χ1v) is 11.9. The van der Waals surface area contributed by atoms with Crippen molar-refractivity contribution in [3.8, 4) is 5.75 Å². The van der Waals surface area contributed by atoms with Crippen LogP contribution in [-0.2, 0) is 4.79 Å². The van der Waals surface area contributed by atoms with Gasteiger partial charge in [-0.05, 0) is 77.5 Å². The molecule has 3 aromatic carbocycles. The summed E-state index contributed by atoms with van der Waals surface area (Å²) >= 11 is 0. The second kappa shape index (κ2) is 10.3. The molecule has 2 aliphatic rings. The van der Waals surface area contributed by atoms with Gasteiger partial charge in [0.15, 0.2) is 0 Å². The van der Waals surface area contributed by atoms with Crippen LogP contribution in [0.15, 0.2) is 84.0 Å². The molecular weight excluding hydrogens is 480 g/mol. The first-order chi connectivity index (χ1) is 17.9. The Kier molecular flexibility index (Phi) is 6.76. The Morgan fingerprint density at radius 3 is 2.41 bits per heavy atom. The zero-order valence-electron chi connectivity index (χ0n) is 19.6. The van der Waals surface area contributed by atoms with Gasteiger partial charge in [0.05, 0.1) is 6.04 Å². The fourth-order valence-electron chi connectivity index (χ4n) is 4.50. The Morgan fingerprint density at radius 1 is 1.00 bits per heavy atom. The van der Waals surface area contributed by atoms with Crippen LogP contribution in [0.2, 0.25) is 0 Å². The number of amides is 2. The first kappa shape index (κ1) is 24.3. The molecule has 2 atom stereocenters. The molecule has 5 rings (SSSR count). The number of benzene rings is 3. The fraction of sp³-hybridized carbons (Fsp3) is 0.214. The van der Waals surface area contributed by atoms with E-state index in [1.54, 1.807) is 11.0 Å². The zero-order chi connectivity index (χ0) is 25.9. The van der Waals surface area contributed by atoms with E-state index >= 15 is 0 Å². The lowest BCUT2D eigenvalue weighted by Crippen LogP contribution is -2.50.